The van der Waals surface area contributed by atoms with Gasteiger partial charge >= 0.3 is 0 Å². The molecule has 2 atom stereocenters. The van der Waals surface area contributed by atoms with E-state index in [0.717, 1.165) is 21.9 Å². The quantitative estimate of drug-likeness (QED) is 0.357. The van der Waals surface area contributed by atoms with E-state index in [4.69, 9.17) is 4.74 Å². The third-order valence-corrected chi connectivity index (χ3v) is 8.53. The van der Waals surface area contributed by atoms with Crippen molar-refractivity contribution in [3.8, 4) is 5.75 Å². The number of benzene rings is 3. The van der Waals surface area contributed by atoms with Gasteiger partial charge in [-0.1, -0.05) is 49.4 Å². The second kappa shape index (κ2) is 13.3. The van der Waals surface area contributed by atoms with Crippen molar-refractivity contribution in [2.75, 3.05) is 18.0 Å². The Labute approximate surface area is 231 Å². The fourth-order valence-corrected chi connectivity index (χ4v) is 5.43. The molecule has 0 spiro atoms. The number of sulfonamides is 1. The van der Waals surface area contributed by atoms with Crippen LogP contribution in [0.15, 0.2) is 83.8 Å². The standard InChI is InChI=1S/C30H37N3O5S/c1-6-23(3)31-30(35)24(4)32(20-25-13-11-10-12-22(25)2)29(34)21-33(26-14-8-7-9-15-26)39(36,37)28-18-16-27(38-5)17-19-28/h7-19,23-24H,6,20-21H2,1-5H3,(H,31,35). The van der Waals surface area contributed by atoms with E-state index in [9.17, 15) is 18.0 Å². The van der Waals surface area contributed by atoms with Gasteiger partial charge in [-0.3, -0.25) is 13.9 Å². The number of methoxy groups -OCH3 is 1. The van der Waals surface area contributed by atoms with Gasteiger partial charge < -0.3 is 15.0 Å². The summed E-state index contributed by atoms with van der Waals surface area (Å²) in [7, 11) is -2.63. The Balaban J connectivity index is 2.01. The van der Waals surface area contributed by atoms with Crippen LogP contribution in [0.4, 0.5) is 5.69 Å². The normalized spacial score (nSPS) is 12.7. The third kappa shape index (κ3) is 7.38. The number of hydrogen-bond donors (Lipinski definition) is 1. The molecule has 0 bridgehead atoms. The summed E-state index contributed by atoms with van der Waals surface area (Å²) >= 11 is 0. The third-order valence-electron chi connectivity index (χ3n) is 6.74. The minimum atomic E-state index is -4.13. The molecule has 0 fully saturated rings. The molecule has 0 aromatic heterocycles. The van der Waals surface area contributed by atoms with Gasteiger partial charge in [0.2, 0.25) is 11.8 Å². The summed E-state index contributed by atoms with van der Waals surface area (Å²) in [5, 5.41) is 2.94. The van der Waals surface area contributed by atoms with Crippen LogP contribution in [0.25, 0.3) is 0 Å². The molecule has 2 unspecified atom stereocenters. The molecular weight excluding hydrogens is 514 g/mol. The Morgan fingerprint density at radius 3 is 2.13 bits per heavy atom. The molecule has 3 aromatic carbocycles. The van der Waals surface area contributed by atoms with Crippen LogP contribution in [-0.4, -0.2) is 50.9 Å². The summed E-state index contributed by atoms with van der Waals surface area (Å²) < 4.78 is 33.9. The van der Waals surface area contributed by atoms with Crippen LogP contribution >= 0.6 is 0 Å². The van der Waals surface area contributed by atoms with Crippen molar-refractivity contribution in [3.05, 3.63) is 90.0 Å². The van der Waals surface area contributed by atoms with E-state index in [0.29, 0.717) is 11.4 Å². The molecular formula is C30H37N3O5S. The molecule has 0 aliphatic heterocycles. The zero-order chi connectivity index (χ0) is 28.6. The maximum Gasteiger partial charge on any atom is 0.264 e. The van der Waals surface area contributed by atoms with Crippen molar-refractivity contribution in [3.63, 3.8) is 0 Å². The topological polar surface area (TPSA) is 96.0 Å². The van der Waals surface area contributed by atoms with E-state index in [1.807, 2.05) is 45.0 Å². The van der Waals surface area contributed by atoms with Crippen LogP contribution in [-0.2, 0) is 26.2 Å². The largest absolute Gasteiger partial charge is 0.497 e. The molecule has 0 saturated carbocycles. The number of aryl methyl sites for hydroxylation is 1. The van der Waals surface area contributed by atoms with Crippen LogP contribution in [0.1, 0.15) is 38.3 Å². The number of hydrogen-bond acceptors (Lipinski definition) is 5. The zero-order valence-electron chi connectivity index (χ0n) is 23.1. The number of anilines is 1. The van der Waals surface area contributed by atoms with Gasteiger partial charge in [-0.25, -0.2) is 8.42 Å². The Bertz CT molecular complexity index is 1360. The van der Waals surface area contributed by atoms with Gasteiger partial charge in [0.15, 0.2) is 0 Å². The lowest BCUT2D eigenvalue weighted by molar-refractivity contribution is -0.139. The highest BCUT2D eigenvalue weighted by atomic mass is 32.2. The molecule has 0 aliphatic rings. The van der Waals surface area contributed by atoms with E-state index in [2.05, 4.69) is 5.32 Å². The van der Waals surface area contributed by atoms with Gasteiger partial charge in [-0.15, -0.1) is 0 Å². The molecule has 39 heavy (non-hydrogen) atoms. The van der Waals surface area contributed by atoms with Crippen LogP contribution < -0.4 is 14.4 Å². The summed E-state index contributed by atoms with van der Waals surface area (Å²) in [6.45, 7) is 7.15. The molecule has 0 aliphatic carbocycles. The summed E-state index contributed by atoms with van der Waals surface area (Å²) in [6.07, 6.45) is 0.742. The number of ether oxygens (including phenoxy) is 1. The van der Waals surface area contributed by atoms with Crippen molar-refractivity contribution in [1.29, 1.82) is 0 Å². The summed E-state index contributed by atoms with van der Waals surface area (Å²) in [6, 6.07) is 21.2. The molecule has 208 valence electrons. The highest BCUT2D eigenvalue weighted by Crippen LogP contribution is 2.26. The molecule has 0 saturated heterocycles. The molecule has 0 radical (unpaired) electrons. The van der Waals surface area contributed by atoms with E-state index in [-0.39, 0.29) is 23.4 Å². The second-order valence-corrected chi connectivity index (χ2v) is 11.3. The maximum atomic E-state index is 13.9. The number of carbonyl (C=O) groups excluding carboxylic acids is 2. The average molecular weight is 552 g/mol. The highest BCUT2D eigenvalue weighted by molar-refractivity contribution is 7.92. The predicted molar refractivity (Wildman–Crippen MR) is 153 cm³/mol. The molecule has 1 N–H and O–H groups in total. The number of carbonyl (C=O) groups is 2. The van der Waals surface area contributed by atoms with E-state index >= 15 is 0 Å². The first-order chi connectivity index (χ1) is 18.6. The Hall–Kier alpha value is -3.85. The molecule has 3 rings (SSSR count). The van der Waals surface area contributed by atoms with Gasteiger partial charge in [0.05, 0.1) is 17.7 Å². The van der Waals surface area contributed by atoms with Gasteiger partial charge in [0.1, 0.15) is 18.3 Å². The minimum Gasteiger partial charge on any atom is -0.497 e. The number of para-hydroxylation sites is 1. The Morgan fingerprint density at radius 1 is 0.923 bits per heavy atom. The van der Waals surface area contributed by atoms with Crippen LogP contribution in [0.3, 0.4) is 0 Å². The predicted octanol–water partition coefficient (Wildman–Crippen LogP) is 4.53. The van der Waals surface area contributed by atoms with Crippen molar-refractivity contribution < 1.29 is 22.7 Å². The molecule has 0 heterocycles. The zero-order valence-corrected chi connectivity index (χ0v) is 23.9. The van der Waals surface area contributed by atoms with Crippen molar-refractivity contribution in [2.45, 2.75) is 57.6 Å². The molecule has 2 amide bonds. The number of rotatable bonds is 12. The van der Waals surface area contributed by atoms with Crippen molar-refractivity contribution in [2.24, 2.45) is 0 Å². The van der Waals surface area contributed by atoms with Crippen molar-refractivity contribution in [1.82, 2.24) is 10.2 Å². The lowest BCUT2D eigenvalue weighted by atomic mass is 10.1. The lowest BCUT2D eigenvalue weighted by Crippen LogP contribution is -2.52. The second-order valence-electron chi connectivity index (χ2n) is 9.46. The molecule has 3 aromatic rings. The summed E-state index contributed by atoms with van der Waals surface area (Å²) in [5.41, 5.74) is 2.18. The maximum absolute atomic E-state index is 13.9. The molecule has 9 heteroatoms. The monoisotopic (exact) mass is 551 g/mol. The van der Waals surface area contributed by atoms with Gasteiger partial charge in [-0.05, 0) is 74.7 Å². The van der Waals surface area contributed by atoms with E-state index in [1.54, 1.807) is 49.4 Å². The number of amides is 2. The SMILES string of the molecule is CCC(C)NC(=O)C(C)N(Cc1ccccc1C)C(=O)CN(c1ccccc1)S(=O)(=O)c1ccc(OC)cc1. The Morgan fingerprint density at radius 2 is 1.54 bits per heavy atom. The Kier molecular flexibility index (Phi) is 10.1. The van der Waals surface area contributed by atoms with Crippen LogP contribution in [0.2, 0.25) is 0 Å². The fourth-order valence-electron chi connectivity index (χ4n) is 4.02. The van der Waals surface area contributed by atoms with Crippen molar-refractivity contribution >= 4 is 27.5 Å². The fraction of sp³-hybridized carbons (Fsp3) is 0.333. The van der Waals surface area contributed by atoms with Crippen LogP contribution in [0.5, 0.6) is 5.75 Å². The molecule has 8 nitrogen and oxygen atoms in total. The summed E-state index contributed by atoms with van der Waals surface area (Å²) in [5.74, 6) is -0.275. The van der Waals surface area contributed by atoms with E-state index in [1.165, 1.54) is 24.1 Å². The summed E-state index contributed by atoms with van der Waals surface area (Å²) in [4.78, 5) is 28.5. The lowest BCUT2D eigenvalue weighted by Gasteiger charge is -2.32. The minimum absolute atomic E-state index is 0.0213. The number of nitrogens with one attached hydrogen (secondary N) is 1. The first-order valence-electron chi connectivity index (χ1n) is 12.9. The van der Waals surface area contributed by atoms with E-state index < -0.39 is 28.5 Å². The average Bonchev–Trinajstić information content (AvgIpc) is 2.95. The first-order valence-corrected chi connectivity index (χ1v) is 14.4. The smallest absolute Gasteiger partial charge is 0.264 e. The first kappa shape index (κ1) is 29.7. The highest BCUT2D eigenvalue weighted by Gasteiger charge is 2.33. The van der Waals surface area contributed by atoms with Gasteiger partial charge in [-0.2, -0.15) is 0 Å². The number of nitrogens with zero attached hydrogens (tertiary/aromatic N) is 2. The van der Waals surface area contributed by atoms with Gasteiger partial charge in [0.25, 0.3) is 10.0 Å². The van der Waals surface area contributed by atoms with Crippen LogP contribution in [0, 0.1) is 6.92 Å². The van der Waals surface area contributed by atoms with Gasteiger partial charge in [0, 0.05) is 12.6 Å².